The summed E-state index contributed by atoms with van der Waals surface area (Å²) in [5.74, 6) is 0.177. The first-order valence-corrected chi connectivity index (χ1v) is 8.50. The predicted molar refractivity (Wildman–Crippen MR) is 90.3 cm³/mol. The van der Waals surface area contributed by atoms with Crippen LogP contribution in [0.2, 0.25) is 0 Å². The smallest absolute Gasteiger partial charge is 0.363 e. The maximum Gasteiger partial charge on any atom is 0.436 e. The summed E-state index contributed by atoms with van der Waals surface area (Å²) in [7, 11) is 0. The molecule has 9 heteroatoms. The lowest BCUT2D eigenvalue weighted by Gasteiger charge is -2.10. The number of thiocarbonyl (C=S) groups is 1. The van der Waals surface area contributed by atoms with Crippen LogP contribution in [-0.2, 0) is 12.7 Å². The van der Waals surface area contributed by atoms with E-state index in [9.17, 15) is 13.2 Å². The highest BCUT2D eigenvalue weighted by atomic mass is 79.9. The molecule has 0 aromatic carbocycles. The van der Waals surface area contributed by atoms with Crippen LogP contribution in [0.3, 0.4) is 0 Å². The second-order valence-corrected chi connectivity index (χ2v) is 6.52. The Hall–Kier alpha value is -1.09. The lowest BCUT2D eigenvalue weighted by molar-refractivity contribution is -0.142. The molecule has 2 N–H and O–H groups in total. The van der Waals surface area contributed by atoms with Crippen molar-refractivity contribution in [2.24, 2.45) is 0 Å². The van der Waals surface area contributed by atoms with E-state index in [1.54, 1.807) is 6.08 Å². The molecular formula is C14H18BrF3N4S. The quantitative estimate of drug-likeness (QED) is 0.409. The fourth-order valence-electron chi connectivity index (χ4n) is 2.21. The fraction of sp³-hybridized carbons (Fsp3) is 0.571. The molecule has 1 aliphatic rings. The van der Waals surface area contributed by atoms with Gasteiger partial charge in [0.2, 0.25) is 0 Å². The highest BCUT2D eigenvalue weighted by Gasteiger charge is 2.41. The predicted octanol–water partition coefficient (Wildman–Crippen LogP) is 3.58. The van der Waals surface area contributed by atoms with Crippen molar-refractivity contribution < 1.29 is 13.2 Å². The van der Waals surface area contributed by atoms with E-state index in [-0.39, 0.29) is 10.4 Å². The van der Waals surface area contributed by atoms with E-state index in [0.717, 1.165) is 12.8 Å². The molecule has 0 radical (unpaired) electrons. The molecule has 0 saturated heterocycles. The van der Waals surface area contributed by atoms with Crippen LogP contribution in [0.5, 0.6) is 0 Å². The first-order chi connectivity index (χ1) is 10.8. The van der Waals surface area contributed by atoms with Gasteiger partial charge in [-0.15, -0.1) is 6.58 Å². The zero-order valence-electron chi connectivity index (χ0n) is 12.4. The van der Waals surface area contributed by atoms with E-state index in [1.807, 2.05) is 0 Å². The van der Waals surface area contributed by atoms with Crippen molar-refractivity contribution in [2.75, 3.05) is 13.1 Å². The average Bonchev–Trinajstić information content (AvgIpc) is 3.24. The Bertz CT molecular complexity index is 581. The zero-order valence-corrected chi connectivity index (χ0v) is 14.8. The largest absolute Gasteiger partial charge is 0.436 e. The molecule has 2 rings (SSSR count). The minimum absolute atomic E-state index is 0.0867. The SMILES string of the molecule is C=CCNC(=S)NCCCn1nc(C(F)(F)F)c(Br)c1C1CC1. The summed E-state index contributed by atoms with van der Waals surface area (Å²) in [4.78, 5) is 0. The highest BCUT2D eigenvalue weighted by molar-refractivity contribution is 9.10. The van der Waals surface area contributed by atoms with E-state index in [2.05, 4.69) is 38.2 Å². The average molecular weight is 411 g/mol. The van der Waals surface area contributed by atoms with Crippen LogP contribution < -0.4 is 10.6 Å². The summed E-state index contributed by atoms with van der Waals surface area (Å²) >= 11 is 8.13. The maximum atomic E-state index is 13.0. The Morgan fingerprint density at radius 2 is 2.13 bits per heavy atom. The summed E-state index contributed by atoms with van der Waals surface area (Å²) in [5, 5.41) is 10.2. The molecule has 0 spiro atoms. The van der Waals surface area contributed by atoms with E-state index >= 15 is 0 Å². The van der Waals surface area contributed by atoms with E-state index in [1.165, 1.54) is 4.68 Å². The maximum absolute atomic E-state index is 13.0. The van der Waals surface area contributed by atoms with Crippen LogP contribution in [0, 0.1) is 0 Å². The van der Waals surface area contributed by atoms with E-state index in [4.69, 9.17) is 12.2 Å². The van der Waals surface area contributed by atoms with Gasteiger partial charge in [0.05, 0.1) is 10.2 Å². The molecule has 1 fully saturated rings. The van der Waals surface area contributed by atoms with Crippen LogP contribution in [0.25, 0.3) is 0 Å². The molecule has 0 aliphatic heterocycles. The first-order valence-electron chi connectivity index (χ1n) is 7.30. The third kappa shape index (κ3) is 4.94. The van der Waals surface area contributed by atoms with Gasteiger partial charge in [0.15, 0.2) is 10.8 Å². The van der Waals surface area contributed by atoms with Crippen LogP contribution in [0.15, 0.2) is 17.1 Å². The van der Waals surface area contributed by atoms with Gasteiger partial charge in [-0.1, -0.05) is 6.08 Å². The molecule has 128 valence electrons. The molecule has 1 aromatic rings. The first kappa shape index (κ1) is 18.3. The van der Waals surface area contributed by atoms with Crippen molar-refractivity contribution in [1.29, 1.82) is 0 Å². The standard InChI is InChI=1S/C14H18BrF3N4S/c1-2-6-19-13(23)20-7-3-8-22-11(9-4-5-9)10(15)12(21-22)14(16,17)18/h2,9H,1,3-8H2,(H2,19,20,23). The van der Waals surface area contributed by atoms with Crippen LogP contribution in [0.1, 0.15) is 36.6 Å². The van der Waals surface area contributed by atoms with Crippen LogP contribution in [-0.4, -0.2) is 28.0 Å². The molecule has 1 aromatic heterocycles. The highest BCUT2D eigenvalue weighted by Crippen LogP contribution is 2.46. The third-order valence-corrected chi connectivity index (χ3v) is 4.47. The topological polar surface area (TPSA) is 41.9 Å². The van der Waals surface area contributed by atoms with Crippen LogP contribution in [0.4, 0.5) is 13.2 Å². The molecule has 4 nitrogen and oxygen atoms in total. The molecule has 1 aliphatic carbocycles. The Kier molecular flexibility index (Phi) is 6.07. The molecule has 1 saturated carbocycles. The number of aryl methyl sites for hydroxylation is 1. The van der Waals surface area contributed by atoms with Gasteiger partial charge in [-0.3, -0.25) is 4.68 Å². The van der Waals surface area contributed by atoms with Crippen molar-refractivity contribution in [3.8, 4) is 0 Å². The molecule has 0 atom stereocenters. The fourth-order valence-corrected chi connectivity index (χ4v) is 3.23. The van der Waals surface area contributed by atoms with Gasteiger partial charge in [0.1, 0.15) is 0 Å². The van der Waals surface area contributed by atoms with Crippen molar-refractivity contribution >= 4 is 33.3 Å². The van der Waals surface area contributed by atoms with E-state index in [0.29, 0.717) is 36.9 Å². The molecule has 0 bridgehead atoms. The number of halogens is 4. The Morgan fingerprint density at radius 1 is 1.43 bits per heavy atom. The number of rotatable bonds is 7. The van der Waals surface area contributed by atoms with Gasteiger partial charge in [0.25, 0.3) is 0 Å². The summed E-state index contributed by atoms with van der Waals surface area (Å²) in [6.45, 7) is 5.12. The second kappa shape index (κ2) is 7.65. The van der Waals surface area contributed by atoms with Gasteiger partial charge in [0, 0.05) is 25.6 Å². The Morgan fingerprint density at radius 3 is 2.70 bits per heavy atom. The van der Waals surface area contributed by atoms with Crippen LogP contribution >= 0.6 is 28.1 Å². The molecule has 23 heavy (non-hydrogen) atoms. The number of nitrogens with one attached hydrogen (secondary N) is 2. The lowest BCUT2D eigenvalue weighted by atomic mass is 10.2. The minimum Gasteiger partial charge on any atom is -0.363 e. The number of nitrogens with zero attached hydrogens (tertiary/aromatic N) is 2. The Balaban J connectivity index is 1.94. The molecular weight excluding hydrogens is 393 g/mol. The van der Waals surface area contributed by atoms with Gasteiger partial charge >= 0.3 is 6.18 Å². The monoisotopic (exact) mass is 410 g/mol. The zero-order chi connectivity index (χ0) is 17.0. The van der Waals surface area contributed by atoms with Crippen molar-refractivity contribution in [3.05, 3.63) is 28.5 Å². The van der Waals surface area contributed by atoms with Gasteiger partial charge < -0.3 is 10.6 Å². The van der Waals surface area contributed by atoms with Crippen molar-refractivity contribution in [1.82, 2.24) is 20.4 Å². The van der Waals surface area contributed by atoms with Gasteiger partial charge in [-0.2, -0.15) is 18.3 Å². The summed E-state index contributed by atoms with van der Waals surface area (Å²) in [6, 6.07) is 0. The minimum atomic E-state index is -4.44. The molecule has 0 amide bonds. The number of hydrogen-bond donors (Lipinski definition) is 2. The number of aromatic nitrogens is 2. The summed E-state index contributed by atoms with van der Waals surface area (Å²) in [5.41, 5.74) is -0.180. The third-order valence-electron chi connectivity index (χ3n) is 3.40. The normalized spacial score (nSPS) is 14.6. The van der Waals surface area contributed by atoms with Gasteiger partial charge in [-0.05, 0) is 47.4 Å². The number of alkyl halides is 3. The molecule has 1 heterocycles. The number of hydrogen-bond acceptors (Lipinski definition) is 2. The summed E-state index contributed by atoms with van der Waals surface area (Å²) in [6.07, 6.45) is -0.302. The lowest BCUT2D eigenvalue weighted by Crippen LogP contribution is -2.36. The summed E-state index contributed by atoms with van der Waals surface area (Å²) < 4.78 is 40.5. The second-order valence-electron chi connectivity index (χ2n) is 5.32. The van der Waals surface area contributed by atoms with Crippen molar-refractivity contribution in [3.63, 3.8) is 0 Å². The Labute approximate surface area is 146 Å². The molecule has 0 unspecified atom stereocenters. The van der Waals surface area contributed by atoms with Crippen molar-refractivity contribution in [2.45, 2.75) is 37.9 Å². The van der Waals surface area contributed by atoms with E-state index < -0.39 is 11.9 Å². The van der Waals surface area contributed by atoms with Gasteiger partial charge in [-0.25, -0.2) is 0 Å².